The maximum atomic E-state index is 11.0. The van der Waals surface area contributed by atoms with Gasteiger partial charge < -0.3 is 10.2 Å². The van der Waals surface area contributed by atoms with Gasteiger partial charge in [-0.2, -0.15) is 0 Å². The van der Waals surface area contributed by atoms with Crippen LogP contribution in [-0.2, 0) is 0 Å². The SMILES string of the molecule is O=C(O)c1cc(C2CCCCC2)cc(Cl)c1O. The van der Waals surface area contributed by atoms with Crippen molar-refractivity contribution in [2.45, 2.75) is 38.0 Å². The maximum absolute atomic E-state index is 11.0. The number of benzene rings is 1. The zero-order chi connectivity index (χ0) is 12.4. The van der Waals surface area contributed by atoms with E-state index in [9.17, 15) is 9.90 Å². The van der Waals surface area contributed by atoms with Crippen LogP contribution in [0.4, 0.5) is 0 Å². The van der Waals surface area contributed by atoms with Crippen LogP contribution in [0.2, 0.25) is 5.02 Å². The first-order valence-corrected chi connectivity index (χ1v) is 6.23. The Labute approximate surface area is 105 Å². The summed E-state index contributed by atoms with van der Waals surface area (Å²) in [6, 6.07) is 3.25. The Bertz CT molecular complexity index is 437. The molecule has 1 aliphatic carbocycles. The summed E-state index contributed by atoms with van der Waals surface area (Å²) in [5, 5.41) is 18.7. The van der Waals surface area contributed by atoms with Crippen molar-refractivity contribution in [2.24, 2.45) is 0 Å². The van der Waals surface area contributed by atoms with Gasteiger partial charge in [-0.25, -0.2) is 4.79 Å². The van der Waals surface area contributed by atoms with Crippen LogP contribution in [0.15, 0.2) is 12.1 Å². The molecule has 0 bridgehead atoms. The third-order valence-electron chi connectivity index (χ3n) is 3.39. The van der Waals surface area contributed by atoms with Crippen molar-refractivity contribution in [1.29, 1.82) is 0 Å². The highest BCUT2D eigenvalue weighted by molar-refractivity contribution is 6.32. The molecule has 1 fully saturated rings. The average molecular weight is 255 g/mol. The van der Waals surface area contributed by atoms with E-state index in [1.165, 1.54) is 19.3 Å². The molecular formula is C13H15ClO3. The molecule has 1 aliphatic rings. The second-order valence-electron chi connectivity index (χ2n) is 4.54. The zero-order valence-corrected chi connectivity index (χ0v) is 10.2. The van der Waals surface area contributed by atoms with Gasteiger partial charge in [0.05, 0.1) is 5.02 Å². The Balaban J connectivity index is 2.37. The van der Waals surface area contributed by atoms with Crippen molar-refractivity contribution in [3.63, 3.8) is 0 Å². The van der Waals surface area contributed by atoms with E-state index in [2.05, 4.69) is 0 Å². The maximum Gasteiger partial charge on any atom is 0.339 e. The van der Waals surface area contributed by atoms with Crippen LogP contribution in [0.1, 0.15) is 53.9 Å². The van der Waals surface area contributed by atoms with Crippen LogP contribution in [0.3, 0.4) is 0 Å². The Hall–Kier alpha value is -1.22. The third-order valence-corrected chi connectivity index (χ3v) is 3.68. The highest BCUT2D eigenvalue weighted by atomic mass is 35.5. The Morgan fingerprint density at radius 2 is 1.88 bits per heavy atom. The van der Waals surface area contributed by atoms with E-state index in [1.807, 2.05) is 0 Å². The molecule has 0 aromatic heterocycles. The first-order chi connectivity index (χ1) is 8.09. The summed E-state index contributed by atoms with van der Waals surface area (Å²) >= 11 is 5.87. The second-order valence-corrected chi connectivity index (χ2v) is 4.95. The van der Waals surface area contributed by atoms with Crippen molar-refractivity contribution >= 4 is 17.6 Å². The fourth-order valence-corrected chi connectivity index (χ4v) is 2.68. The lowest BCUT2D eigenvalue weighted by atomic mass is 9.83. The molecule has 0 atom stereocenters. The molecule has 0 aliphatic heterocycles. The molecule has 92 valence electrons. The van der Waals surface area contributed by atoms with E-state index >= 15 is 0 Å². The number of carboxylic acid groups (broad SMARTS) is 1. The normalized spacial score (nSPS) is 17.0. The molecule has 0 radical (unpaired) electrons. The van der Waals surface area contributed by atoms with Gasteiger partial charge in [-0.15, -0.1) is 0 Å². The highest BCUT2D eigenvalue weighted by Gasteiger charge is 2.20. The van der Waals surface area contributed by atoms with Crippen LogP contribution >= 0.6 is 11.6 Å². The number of halogens is 1. The number of carbonyl (C=O) groups is 1. The van der Waals surface area contributed by atoms with Crippen LogP contribution in [-0.4, -0.2) is 16.2 Å². The number of rotatable bonds is 2. The molecule has 0 amide bonds. The van der Waals surface area contributed by atoms with E-state index in [1.54, 1.807) is 12.1 Å². The minimum Gasteiger partial charge on any atom is -0.505 e. The number of hydrogen-bond acceptors (Lipinski definition) is 2. The largest absolute Gasteiger partial charge is 0.505 e. The first-order valence-electron chi connectivity index (χ1n) is 5.85. The first kappa shape index (κ1) is 12.2. The number of aromatic hydroxyl groups is 1. The van der Waals surface area contributed by atoms with E-state index in [-0.39, 0.29) is 16.3 Å². The fourth-order valence-electron chi connectivity index (χ4n) is 2.45. The van der Waals surface area contributed by atoms with Crippen molar-refractivity contribution in [1.82, 2.24) is 0 Å². The third kappa shape index (κ3) is 2.55. The molecule has 2 N–H and O–H groups in total. The summed E-state index contributed by atoms with van der Waals surface area (Å²) in [5.41, 5.74) is 0.836. The standard InChI is InChI=1S/C13H15ClO3/c14-11-7-9(8-4-2-1-3-5-8)6-10(12(11)15)13(16)17/h6-8,15H,1-5H2,(H,16,17). The summed E-state index contributed by atoms with van der Waals surface area (Å²) < 4.78 is 0. The van der Waals surface area contributed by atoms with Crippen molar-refractivity contribution in [3.05, 3.63) is 28.3 Å². The monoisotopic (exact) mass is 254 g/mol. The van der Waals surface area contributed by atoms with E-state index in [0.717, 1.165) is 18.4 Å². The number of aromatic carboxylic acids is 1. The predicted molar refractivity (Wildman–Crippen MR) is 65.9 cm³/mol. The Morgan fingerprint density at radius 3 is 2.47 bits per heavy atom. The molecule has 2 rings (SSSR count). The molecule has 0 heterocycles. The van der Waals surface area contributed by atoms with Gasteiger partial charge in [-0.1, -0.05) is 30.9 Å². The van der Waals surface area contributed by atoms with Crippen LogP contribution in [0.5, 0.6) is 5.75 Å². The molecule has 0 spiro atoms. The predicted octanol–water partition coefficient (Wildman–Crippen LogP) is 3.79. The van der Waals surface area contributed by atoms with Crippen molar-refractivity contribution in [3.8, 4) is 5.75 Å². The van der Waals surface area contributed by atoms with Gasteiger partial charge in [0.1, 0.15) is 11.3 Å². The molecule has 4 heteroatoms. The Morgan fingerprint density at radius 1 is 1.24 bits per heavy atom. The van der Waals surface area contributed by atoms with Gasteiger partial charge in [0, 0.05) is 0 Å². The summed E-state index contributed by atoms with van der Waals surface area (Å²) in [7, 11) is 0. The van der Waals surface area contributed by atoms with Gasteiger partial charge in [0.15, 0.2) is 0 Å². The van der Waals surface area contributed by atoms with Crippen molar-refractivity contribution < 1.29 is 15.0 Å². The summed E-state index contributed by atoms with van der Waals surface area (Å²) in [6.45, 7) is 0. The van der Waals surface area contributed by atoms with E-state index in [0.29, 0.717) is 5.92 Å². The topological polar surface area (TPSA) is 57.5 Å². The van der Waals surface area contributed by atoms with Gasteiger partial charge in [-0.3, -0.25) is 0 Å². The smallest absolute Gasteiger partial charge is 0.339 e. The molecule has 17 heavy (non-hydrogen) atoms. The molecule has 1 saturated carbocycles. The van der Waals surface area contributed by atoms with Crippen LogP contribution in [0.25, 0.3) is 0 Å². The minimum absolute atomic E-state index is 0.0990. The van der Waals surface area contributed by atoms with Gasteiger partial charge in [0.25, 0.3) is 0 Å². The van der Waals surface area contributed by atoms with Crippen molar-refractivity contribution in [2.75, 3.05) is 0 Å². The van der Waals surface area contributed by atoms with Gasteiger partial charge >= 0.3 is 5.97 Å². The molecule has 0 unspecified atom stereocenters. The minimum atomic E-state index is -1.14. The van der Waals surface area contributed by atoms with Gasteiger partial charge in [-0.05, 0) is 36.5 Å². The molecule has 1 aromatic rings. The second kappa shape index (κ2) is 4.96. The quantitative estimate of drug-likeness (QED) is 0.844. The zero-order valence-electron chi connectivity index (χ0n) is 9.45. The lowest BCUT2D eigenvalue weighted by Crippen LogP contribution is -2.06. The molecule has 1 aromatic carbocycles. The fraction of sp³-hybridized carbons (Fsp3) is 0.462. The number of hydrogen-bond donors (Lipinski definition) is 2. The molecular weight excluding hydrogens is 240 g/mol. The van der Waals surface area contributed by atoms with E-state index in [4.69, 9.17) is 16.7 Å². The highest BCUT2D eigenvalue weighted by Crippen LogP contribution is 2.37. The molecule has 0 saturated heterocycles. The lowest BCUT2D eigenvalue weighted by Gasteiger charge is -2.22. The van der Waals surface area contributed by atoms with Crippen LogP contribution < -0.4 is 0 Å². The van der Waals surface area contributed by atoms with Crippen LogP contribution in [0, 0.1) is 0 Å². The Kier molecular flexibility index (Phi) is 3.57. The lowest BCUT2D eigenvalue weighted by molar-refractivity contribution is 0.0693. The van der Waals surface area contributed by atoms with E-state index < -0.39 is 5.97 Å². The average Bonchev–Trinajstić information content (AvgIpc) is 2.33. The summed E-state index contributed by atoms with van der Waals surface area (Å²) in [4.78, 5) is 11.0. The number of phenols is 1. The summed E-state index contributed by atoms with van der Waals surface area (Å²) in [5.74, 6) is -1.10. The van der Waals surface area contributed by atoms with Gasteiger partial charge in [0.2, 0.25) is 0 Å². The molecule has 3 nitrogen and oxygen atoms in total. The number of carboxylic acids is 1. The summed E-state index contributed by atoms with van der Waals surface area (Å²) in [6.07, 6.45) is 5.73.